The second kappa shape index (κ2) is 14.4. The van der Waals surface area contributed by atoms with Crippen LogP contribution < -0.4 is 9.47 Å². The highest BCUT2D eigenvalue weighted by Gasteiger charge is 2.48. The Morgan fingerprint density at radius 1 is 0.359 bits per heavy atom. The lowest BCUT2D eigenvalue weighted by atomic mass is 9.68. The van der Waals surface area contributed by atoms with Crippen molar-refractivity contribution in [2.75, 3.05) is 0 Å². The minimum Gasteiger partial charge on any atom is -0.449 e. The molecule has 2 aromatic heterocycles. The molecule has 0 unspecified atom stereocenters. The van der Waals surface area contributed by atoms with Crippen molar-refractivity contribution < 1.29 is 9.47 Å². The topological polar surface area (TPSA) is 57.1 Å². The molecule has 11 aromatic rings. The van der Waals surface area contributed by atoms with Gasteiger partial charge in [0, 0.05) is 48.0 Å². The lowest BCUT2D eigenvalue weighted by Gasteiger charge is -2.34. The van der Waals surface area contributed by atoms with Crippen LogP contribution in [0.4, 0.5) is 0 Å². The van der Waals surface area contributed by atoms with Crippen molar-refractivity contribution in [3.05, 3.63) is 235 Å². The van der Waals surface area contributed by atoms with Crippen LogP contribution in [-0.2, 0) is 5.41 Å². The Labute approximate surface area is 373 Å². The van der Waals surface area contributed by atoms with E-state index in [1.807, 2.05) is 54.6 Å². The Morgan fingerprint density at radius 2 is 0.953 bits per heavy atom. The number of thiophene rings is 1. The fraction of sp³-hybridized carbons (Fsp3) is 0.0172. The average Bonchev–Trinajstić information content (AvgIpc) is 3.90. The number of hydrogen-bond acceptors (Lipinski definition) is 6. The predicted molar refractivity (Wildman–Crippen MR) is 258 cm³/mol. The summed E-state index contributed by atoms with van der Waals surface area (Å²) in [5.41, 5.74) is 10.8. The van der Waals surface area contributed by atoms with Crippen LogP contribution in [-0.4, -0.2) is 15.0 Å². The van der Waals surface area contributed by atoms with Gasteiger partial charge in [-0.15, -0.1) is 11.3 Å². The van der Waals surface area contributed by atoms with Crippen molar-refractivity contribution in [2.24, 2.45) is 0 Å². The molecular formula is C58H35N3O2S. The molecule has 0 saturated heterocycles. The Balaban J connectivity index is 0.977. The first kappa shape index (κ1) is 36.5. The van der Waals surface area contributed by atoms with Gasteiger partial charge in [-0.3, -0.25) is 0 Å². The fourth-order valence-electron chi connectivity index (χ4n) is 9.92. The van der Waals surface area contributed by atoms with Gasteiger partial charge in [0.05, 0.1) is 5.41 Å². The molecule has 2 aliphatic rings. The van der Waals surface area contributed by atoms with Crippen LogP contribution in [0.25, 0.3) is 76.6 Å². The molecule has 13 rings (SSSR count). The van der Waals surface area contributed by atoms with Gasteiger partial charge in [0.25, 0.3) is 0 Å². The largest absolute Gasteiger partial charge is 0.449 e. The molecular weight excluding hydrogens is 803 g/mol. The lowest BCUT2D eigenvalue weighted by molar-refractivity contribution is 0.361. The third-order valence-corrected chi connectivity index (χ3v) is 13.8. The van der Waals surface area contributed by atoms with Crippen molar-refractivity contribution in [1.82, 2.24) is 15.0 Å². The second-order valence-electron chi connectivity index (χ2n) is 16.2. The van der Waals surface area contributed by atoms with E-state index in [1.54, 1.807) is 11.3 Å². The van der Waals surface area contributed by atoms with Gasteiger partial charge < -0.3 is 9.47 Å². The van der Waals surface area contributed by atoms with E-state index < -0.39 is 5.41 Å². The molecule has 0 N–H and O–H groups in total. The van der Waals surface area contributed by atoms with E-state index in [1.165, 1.54) is 36.9 Å². The van der Waals surface area contributed by atoms with Crippen molar-refractivity contribution in [2.45, 2.75) is 5.41 Å². The predicted octanol–water partition coefficient (Wildman–Crippen LogP) is 15.2. The summed E-state index contributed by atoms with van der Waals surface area (Å²) in [6.45, 7) is 0. The van der Waals surface area contributed by atoms with Crippen LogP contribution >= 0.6 is 11.3 Å². The van der Waals surface area contributed by atoms with Gasteiger partial charge in [-0.1, -0.05) is 188 Å². The second-order valence-corrected chi connectivity index (χ2v) is 17.3. The first-order chi connectivity index (χ1) is 31.7. The van der Waals surface area contributed by atoms with Gasteiger partial charge in [0.1, 0.15) is 0 Å². The summed E-state index contributed by atoms with van der Waals surface area (Å²) in [7, 11) is 0. The number of rotatable bonds is 6. The average molecular weight is 838 g/mol. The normalized spacial score (nSPS) is 13.1. The molecule has 0 bridgehead atoms. The third kappa shape index (κ3) is 5.52. The first-order valence-electron chi connectivity index (χ1n) is 21.4. The number of fused-ring (bicyclic) bond motifs is 9. The van der Waals surface area contributed by atoms with Crippen LogP contribution in [0.1, 0.15) is 22.3 Å². The number of para-hydroxylation sites is 1. The summed E-state index contributed by atoms with van der Waals surface area (Å²) in [5.74, 6) is 4.42. The highest BCUT2D eigenvalue weighted by Crippen LogP contribution is 2.63. The molecule has 64 heavy (non-hydrogen) atoms. The zero-order valence-corrected chi connectivity index (χ0v) is 35.1. The van der Waals surface area contributed by atoms with Crippen LogP contribution in [0.5, 0.6) is 23.0 Å². The fourth-order valence-corrected chi connectivity index (χ4v) is 11.1. The summed E-state index contributed by atoms with van der Waals surface area (Å²) < 4.78 is 16.6. The third-order valence-electron chi connectivity index (χ3n) is 12.7. The van der Waals surface area contributed by atoms with Crippen molar-refractivity contribution in [3.63, 3.8) is 0 Å². The molecule has 6 heteroatoms. The molecule has 0 atom stereocenters. The Kier molecular flexibility index (Phi) is 8.23. The number of ether oxygens (including phenoxy) is 2. The van der Waals surface area contributed by atoms with Crippen molar-refractivity contribution in [1.29, 1.82) is 0 Å². The molecule has 1 aliphatic carbocycles. The highest BCUT2D eigenvalue weighted by molar-refractivity contribution is 7.25. The van der Waals surface area contributed by atoms with E-state index in [9.17, 15) is 0 Å². The van der Waals surface area contributed by atoms with E-state index in [-0.39, 0.29) is 0 Å². The van der Waals surface area contributed by atoms with Crippen molar-refractivity contribution in [3.8, 4) is 79.4 Å². The van der Waals surface area contributed by atoms with Crippen LogP contribution in [0, 0.1) is 0 Å². The Morgan fingerprint density at radius 3 is 1.73 bits per heavy atom. The molecule has 0 amide bonds. The first-order valence-corrected chi connectivity index (χ1v) is 22.2. The SMILES string of the molecule is c1ccc(-c2nc(-c3ccc4c(c3)sc3ccccc34)nc(-c3ccccc3-c3cccc4c3Oc3c(ccc5c3-c3ccccc3C5(c3ccccc3)c3ccccc3)O4)n2)cc1. The maximum atomic E-state index is 7.29. The molecule has 0 spiro atoms. The minimum atomic E-state index is -0.576. The zero-order chi connectivity index (χ0) is 42.2. The molecule has 300 valence electrons. The summed E-state index contributed by atoms with van der Waals surface area (Å²) in [6, 6.07) is 74.2. The monoisotopic (exact) mass is 837 g/mol. The van der Waals surface area contributed by atoms with Crippen LogP contribution in [0.2, 0.25) is 0 Å². The quantitative estimate of drug-likeness (QED) is 0.167. The van der Waals surface area contributed by atoms with Crippen molar-refractivity contribution >= 4 is 31.5 Å². The van der Waals surface area contributed by atoms with E-state index in [4.69, 9.17) is 24.4 Å². The molecule has 0 saturated carbocycles. The van der Waals surface area contributed by atoms with Gasteiger partial charge in [0.2, 0.25) is 0 Å². The van der Waals surface area contributed by atoms with Gasteiger partial charge in [-0.2, -0.15) is 0 Å². The maximum absolute atomic E-state index is 7.29. The summed E-state index contributed by atoms with van der Waals surface area (Å²) >= 11 is 1.78. The van der Waals surface area contributed by atoms with E-state index >= 15 is 0 Å². The maximum Gasteiger partial charge on any atom is 0.178 e. The smallest absolute Gasteiger partial charge is 0.178 e. The zero-order valence-electron chi connectivity index (χ0n) is 34.3. The molecule has 1 aliphatic heterocycles. The summed E-state index contributed by atoms with van der Waals surface area (Å²) in [6.07, 6.45) is 0. The highest BCUT2D eigenvalue weighted by atomic mass is 32.1. The van der Waals surface area contributed by atoms with E-state index in [0.717, 1.165) is 44.5 Å². The van der Waals surface area contributed by atoms with Gasteiger partial charge >= 0.3 is 0 Å². The molecule has 3 heterocycles. The molecule has 0 fully saturated rings. The standard InChI is InChI=1S/C58H35N3O2S/c1-4-17-36(18-5-1)55-59-56(37-31-32-42-41-24-13-15-30-50(41)64-51(42)35-37)61-57(60-55)44-25-11-10-23-40(44)43-27-16-29-48-53(43)63-54-49(62-48)34-33-47-52(54)45-26-12-14-28-46(45)58(47,38-19-6-2-7-20-38)39-21-8-3-9-22-39/h1-35H. The number of aromatic nitrogens is 3. The summed E-state index contributed by atoms with van der Waals surface area (Å²) in [5, 5.41) is 2.48. The van der Waals surface area contributed by atoms with Gasteiger partial charge in [-0.25, -0.2) is 15.0 Å². The van der Waals surface area contributed by atoms with Gasteiger partial charge in [0.15, 0.2) is 40.5 Å². The number of benzene rings is 9. The van der Waals surface area contributed by atoms with Gasteiger partial charge in [-0.05, 0) is 57.6 Å². The number of hydrogen-bond donors (Lipinski definition) is 0. The molecule has 9 aromatic carbocycles. The number of nitrogens with zero attached hydrogens (tertiary/aromatic N) is 3. The Hall–Kier alpha value is -8.19. The van der Waals surface area contributed by atoms with E-state index in [0.29, 0.717) is 40.5 Å². The Bertz CT molecular complexity index is 3590. The minimum absolute atomic E-state index is 0.566. The molecule has 5 nitrogen and oxygen atoms in total. The van der Waals surface area contributed by atoms with E-state index in [2.05, 4.69) is 158 Å². The van der Waals surface area contributed by atoms with Crippen LogP contribution in [0.3, 0.4) is 0 Å². The molecule has 0 radical (unpaired) electrons. The lowest BCUT2D eigenvalue weighted by Crippen LogP contribution is -2.28. The van der Waals surface area contributed by atoms with Crippen LogP contribution in [0.15, 0.2) is 212 Å². The summed E-state index contributed by atoms with van der Waals surface area (Å²) in [4.78, 5) is 15.5.